The van der Waals surface area contributed by atoms with Crippen LogP contribution in [0.4, 0.5) is 17.2 Å². The molecule has 2 aromatic carbocycles. The van der Waals surface area contributed by atoms with Gasteiger partial charge in [-0.2, -0.15) is 43.4 Å². The lowest BCUT2D eigenvalue weighted by Gasteiger charge is -2.30. The van der Waals surface area contributed by atoms with E-state index in [0.717, 1.165) is 6.20 Å². The summed E-state index contributed by atoms with van der Waals surface area (Å²) >= 11 is 0. The molecule has 4 heterocycles. The Labute approximate surface area is 629 Å². The molecule has 6 rings (SSSR count). The second kappa shape index (κ2) is 40.7. The van der Waals surface area contributed by atoms with Crippen molar-refractivity contribution in [3.05, 3.63) is 106 Å². The number of phosphoric acid groups is 3. The van der Waals surface area contributed by atoms with E-state index in [9.17, 15) is 100.0 Å². The van der Waals surface area contributed by atoms with Crippen molar-refractivity contribution in [2.75, 3.05) is 121 Å². The van der Waals surface area contributed by atoms with Gasteiger partial charge in [0.1, 0.15) is 40.8 Å². The van der Waals surface area contributed by atoms with Gasteiger partial charge in [-0.3, -0.25) is 32.3 Å². The van der Waals surface area contributed by atoms with Crippen molar-refractivity contribution in [1.82, 2.24) is 20.2 Å². The molecule has 0 bridgehead atoms. The minimum Gasteiger partial charge on any atom is -0.744 e. The number of ether oxygens (including phenoxy) is 6. The smallest absolute Gasteiger partial charge is 0.490 e. The third kappa shape index (κ3) is 29.5. The summed E-state index contributed by atoms with van der Waals surface area (Å²) in [5.41, 5.74) is 6.22. The summed E-state index contributed by atoms with van der Waals surface area (Å²) in [4.78, 5) is 79.0. The number of amides is 2. The standard InChI is InChI=1S/C62H90N7O33P3S4/c1-61(2)47-40-45(108(88,89)90)18-20-49(47)67(27-13-39-107(85,86)87)52(61)15-6-4-7-16-53-62(3,23-9-11-38-106(82,83)84)48-41-46(109(91,92)93)19-21-50(48)68(53)26-10-5-8-17-54(70)65-25-29-95-31-33-97-35-37-98-36-34-96-32-30-94-28-22-55(71)64-24-12-14-44-42-69(60(74)66-58(44)63)59-57(73)56(72)51(100-59)43-99-104(78,79)102-105(80,81)101-103(75,76)77/h4,6-7,15-16,18-21,40-42,51,56-57,59,72-73H,5,8-11,13,17,22-39,43H2,1-3H3,(H11-,63,64,65,66,70,71,74,75,76,77,78,79,80,81,82,83,84,85,86,87,88,89,90,91,92,93)/t51-,56-,57-,59-,62?/m1/s1. The van der Waals surface area contributed by atoms with Gasteiger partial charge in [-0.25, -0.2) is 26.9 Å². The zero-order valence-corrected chi connectivity index (χ0v) is 65.2. The van der Waals surface area contributed by atoms with E-state index < -0.39 is 134 Å². The molecule has 40 nitrogen and oxygen atoms in total. The molecule has 610 valence electrons. The molecule has 0 aliphatic carbocycles. The number of hydrogen-bond acceptors (Lipinski definition) is 29. The number of rotatable bonds is 47. The Morgan fingerprint density at radius 2 is 1.31 bits per heavy atom. The number of aromatic nitrogens is 2. The predicted molar refractivity (Wildman–Crippen MR) is 385 cm³/mol. The van der Waals surface area contributed by atoms with Gasteiger partial charge in [-0.05, 0) is 88.4 Å². The monoisotopic (exact) mass is 1680 g/mol. The van der Waals surface area contributed by atoms with Crippen molar-refractivity contribution >= 4 is 98.7 Å². The Bertz CT molecular complexity index is 4580. The zero-order valence-electron chi connectivity index (χ0n) is 59.3. The highest BCUT2D eigenvalue weighted by Gasteiger charge is 2.49. The molecule has 1 aromatic heterocycles. The summed E-state index contributed by atoms with van der Waals surface area (Å²) in [6.45, 7) is 7.07. The van der Waals surface area contributed by atoms with Crippen molar-refractivity contribution in [2.24, 2.45) is 0 Å². The summed E-state index contributed by atoms with van der Waals surface area (Å²) in [6, 6.07) is 8.15. The van der Waals surface area contributed by atoms with Gasteiger partial charge in [0.15, 0.2) is 11.9 Å². The highest BCUT2D eigenvalue weighted by atomic mass is 32.2. The fourth-order valence-corrected chi connectivity index (χ4v) is 16.8. The minimum absolute atomic E-state index is 0.00526. The minimum atomic E-state index is -5.86. The number of nitrogens with two attached hydrogens (primary N) is 1. The van der Waals surface area contributed by atoms with E-state index in [0.29, 0.717) is 64.3 Å². The van der Waals surface area contributed by atoms with Gasteiger partial charge in [-0.15, -0.1) is 0 Å². The molecule has 13 N–H and O–H groups in total. The molecular weight excluding hydrogens is 1590 g/mol. The number of allylic oxidation sites excluding steroid dienone is 6. The Morgan fingerprint density at radius 1 is 0.716 bits per heavy atom. The first-order chi connectivity index (χ1) is 50.8. The Balaban J connectivity index is 0.852. The lowest BCUT2D eigenvalue weighted by molar-refractivity contribution is -0.437. The quantitative estimate of drug-likeness (QED) is 0.00957. The summed E-state index contributed by atoms with van der Waals surface area (Å²) in [5, 5.41) is 26.4. The van der Waals surface area contributed by atoms with Gasteiger partial charge in [0.25, 0.3) is 30.4 Å². The molecule has 0 radical (unpaired) electrons. The van der Waals surface area contributed by atoms with Gasteiger partial charge < -0.3 is 84.0 Å². The number of aliphatic hydroxyl groups is 2. The van der Waals surface area contributed by atoms with Crippen LogP contribution in [-0.2, 0) is 116 Å². The number of hydrogen-bond donors (Lipinski definition) is 12. The number of nitrogen functional groups attached to an aromatic ring is 1. The number of carbonyl (C=O) groups excluding carboxylic acids is 2. The van der Waals surface area contributed by atoms with Crippen LogP contribution in [0.5, 0.6) is 0 Å². The van der Waals surface area contributed by atoms with Crippen LogP contribution in [0, 0.1) is 11.8 Å². The third-order valence-corrected chi connectivity index (χ3v) is 23.9. The number of phosphoric ester groups is 1. The van der Waals surface area contributed by atoms with Crippen molar-refractivity contribution in [3.8, 4) is 11.8 Å². The van der Waals surface area contributed by atoms with E-state index in [2.05, 4.69) is 40.6 Å². The van der Waals surface area contributed by atoms with Crippen molar-refractivity contribution in [2.45, 2.75) is 124 Å². The van der Waals surface area contributed by atoms with E-state index in [1.807, 2.05) is 25.7 Å². The Morgan fingerprint density at radius 3 is 1.93 bits per heavy atom. The van der Waals surface area contributed by atoms with Crippen molar-refractivity contribution in [3.63, 3.8) is 0 Å². The molecule has 3 aromatic rings. The molecule has 109 heavy (non-hydrogen) atoms. The van der Waals surface area contributed by atoms with E-state index in [1.54, 1.807) is 35.0 Å². The lowest BCUT2D eigenvalue weighted by Crippen LogP contribution is -2.36. The van der Waals surface area contributed by atoms with Crippen LogP contribution in [0.2, 0.25) is 0 Å². The topological polar surface area (TPSA) is 601 Å². The molecule has 7 atom stereocenters. The van der Waals surface area contributed by atoms with Crippen LogP contribution in [0.15, 0.2) is 93.3 Å². The second-order valence-electron chi connectivity index (χ2n) is 25.3. The Hall–Kier alpha value is -5.96. The number of unbranched alkanes of at least 4 members (excludes halogenated alkanes) is 3. The summed E-state index contributed by atoms with van der Waals surface area (Å²) in [5.74, 6) is 3.13. The number of benzene rings is 2. The van der Waals surface area contributed by atoms with E-state index in [-0.39, 0.29) is 146 Å². The Kier molecular flexibility index (Phi) is 34.3. The van der Waals surface area contributed by atoms with Gasteiger partial charge in [0, 0.05) is 73.1 Å². The van der Waals surface area contributed by atoms with E-state index in [1.165, 1.54) is 36.4 Å². The van der Waals surface area contributed by atoms with Crippen LogP contribution in [0.25, 0.3) is 0 Å². The van der Waals surface area contributed by atoms with Gasteiger partial charge >= 0.3 is 29.2 Å². The summed E-state index contributed by atoms with van der Waals surface area (Å²) in [7, 11) is -35.3. The first-order valence-corrected chi connectivity index (χ1v) is 44.1. The number of nitrogens with zero attached hydrogens (tertiary/aromatic N) is 4. The van der Waals surface area contributed by atoms with Crippen molar-refractivity contribution < 1.29 is 151 Å². The molecule has 3 unspecified atom stereocenters. The highest BCUT2D eigenvalue weighted by molar-refractivity contribution is 7.86. The molecule has 1 fully saturated rings. The highest BCUT2D eigenvalue weighted by Crippen LogP contribution is 2.66. The van der Waals surface area contributed by atoms with Gasteiger partial charge in [0.05, 0.1) is 111 Å². The maximum absolute atomic E-state index is 12.8. The SMILES string of the molecule is CC1(C)C(C=CC=CC=C2N(CCCCCC(=O)NCCOCCOCCOCCOCCOCCC(=O)NCC#Cc3cn([C@@H]4O[C@H](COP(=O)(O)OP(=O)(O)OP(=O)(O)O)[C@@H](O)[C@H]4O)c(=O)nc3N)c3ccc(S(=O)(=O)[O-])cc3C2(C)CCCCS(=O)(=O)O)=[N+](CCCS(=O)(=O)O)c2ccc(S(=O)(=O)O)cc21. The van der Waals surface area contributed by atoms with Crippen molar-refractivity contribution in [1.29, 1.82) is 0 Å². The predicted octanol–water partition coefficient (Wildman–Crippen LogP) is 1.74. The van der Waals surface area contributed by atoms with Crippen LogP contribution >= 0.6 is 23.5 Å². The molecule has 0 saturated carbocycles. The maximum atomic E-state index is 12.8. The number of aliphatic hydroxyl groups excluding tert-OH is 2. The van der Waals surface area contributed by atoms with E-state index >= 15 is 0 Å². The van der Waals surface area contributed by atoms with Crippen LogP contribution in [0.1, 0.15) is 101 Å². The van der Waals surface area contributed by atoms with Crippen LogP contribution < -0.4 is 27.0 Å². The number of anilines is 2. The fraction of sp³-hybridized carbons (Fsp3) is 0.565. The maximum Gasteiger partial charge on any atom is 0.490 e. The lowest BCUT2D eigenvalue weighted by atomic mass is 9.77. The molecule has 3 aliphatic heterocycles. The summed E-state index contributed by atoms with van der Waals surface area (Å²) in [6.07, 6.45) is 4.78. The molecule has 47 heteroatoms. The second-order valence-corrected chi connectivity index (χ2v) is 35.7. The number of carbonyl (C=O) groups is 2. The molecule has 3 aliphatic rings. The molecule has 0 spiro atoms. The third-order valence-electron chi connectivity index (χ3n) is 16.8. The number of nitrogens with one attached hydrogen (secondary N) is 2. The largest absolute Gasteiger partial charge is 0.744 e. The summed E-state index contributed by atoms with van der Waals surface area (Å²) < 4.78 is 219. The number of fused-ring (bicyclic) bond motifs is 2. The average molecular weight is 1680 g/mol. The zero-order chi connectivity index (χ0) is 80.8. The molecule has 2 amide bonds. The van der Waals surface area contributed by atoms with E-state index in [4.69, 9.17) is 43.9 Å². The fourth-order valence-electron chi connectivity index (χ4n) is 11.7. The van der Waals surface area contributed by atoms with Gasteiger partial charge in [0.2, 0.25) is 17.5 Å². The normalized spacial score (nSPS) is 20.3. The van der Waals surface area contributed by atoms with Crippen LogP contribution in [-0.4, -0.2) is 242 Å². The first-order valence-electron chi connectivity index (χ1n) is 33.5. The molecule has 1 saturated heterocycles. The van der Waals surface area contributed by atoms with Crippen LogP contribution in [0.3, 0.4) is 0 Å². The van der Waals surface area contributed by atoms with Gasteiger partial charge in [-0.1, -0.05) is 42.9 Å². The average Bonchev–Trinajstić information content (AvgIpc) is 1.59. The molecular formula is C62H90N7O33P3S4. The first kappa shape index (κ1) is 91.9.